The van der Waals surface area contributed by atoms with Crippen LogP contribution in [0.25, 0.3) is 78.3 Å². The molecule has 9 rings (SSSR count). The highest BCUT2D eigenvalue weighted by Gasteiger charge is 2.41. The highest BCUT2D eigenvalue weighted by molar-refractivity contribution is 7.03. The van der Waals surface area contributed by atoms with E-state index in [0.29, 0.717) is 0 Å². The topological polar surface area (TPSA) is 25.8 Å². The second kappa shape index (κ2) is 12.6. The molecule has 1 aromatic heterocycles. The van der Waals surface area contributed by atoms with E-state index >= 15 is 0 Å². The Morgan fingerprint density at radius 2 is 0.765 bits per heavy atom. The van der Waals surface area contributed by atoms with Gasteiger partial charge in [-0.3, -0.25) is 0 Å². The van der Waals surface area contributed by atoms with Crippen LogP contribution in [-0.4, -0.2) is 18.0 Å². The minimum atomic E-state index is -2.07. The van der Waals surface area contributed by atoms with Gasteiger partial charge in [0.1, 0.15) is 8.07 Å². The largest absolute Gasteiger partial charge is 0.237 e. The molecule has 0 amide bonds. The molecule has 0 saturated heterocycles. The molecule has 0 N–H and O–H groups in total. The zero-order valence-corrected chi connectivity index (χ0v) is 29.7. The van der Waals surface area contributed by atoms with E-state index in [4.69, 9.17) is 9.97 Å². The van der Waals surface area contributed by atoms with Crippen molar-refractivity contribution in [2.45, 2.75) is 13.1 Å². The lowest BCUT2D eigenvalue weighted by Gasteiger charge is -2.19. The molecule has 2 heterocycles. The summed E-state index contributed by atoms with van der Waals surface area (Å²) < 4.78 is 0. The maximum Gasteiger partial charge on any atom is 0.159 e. The van der Waals surface area contributed by atoms with Crippen molar-refractivity contribution in [1.82, 2.24) is 9.97 Å². The van der Waals surface area contributed by atoms with Crippen LogP contribution in [0.5, 0.6) is 0 Å². The average Bonchev–Trinajstić information content (AvgIpc) is 3.44. The monoisotopic (exact) mass is 668 g/mol. The molecule has 3 heteroatoms. The first kappa shape index (κ1) is 30.9. The second-order valence-electron chi connectivity index (χ2n) is 13.8. The maximum absolute atomic E-state index is 5.41. The Labute approximate surface area is 300 Å². The molecule has 8 aromatic rings. The smallest absolute Gasteiger partial charge is 0.159 e. The number of nitrogens with zero attached hydrogens (tertiary/aromatic N) is 2. The summed E-state index contributed by atoms with van der Waals surface area (Å²) in [6.45, 7) is 4.84. The van der Waals surface area contributed by atoms with Gasteiger partial charge in [0, 0.05) is 22.0 Å². The van der Waals surface area contributed by atoms with Gasteiger partial charge in [0.25, 0.3) is 0 Å². The molecule has 0 unspecified atom stereocenters. The SMILES string of the molecule is C[Si]1(C)c2ccccc2-c2c(-c3ccc(-c4ccccc4)cc3)nc(-c3cccc(-c4ccc(-c5cccc(-c6ccccc6)c5)cc4)c3)nc21. The standard InChI is InChI=1S/C48H36N2Si/c1-51(2)44-22-10-9-21-43(44)45-46(38-29-27-35(28-30-38)33-13-5-3-6-14-33)49-47(50-48(45)51)42-20-12-19-41(32-42)37-25-23-36(24-26-37)40-18-11-17-39(31-40)34-15-7-4-8-16-34/h3-32H,1-2H3. The number of rotatable bonds is 6. The maximum atomic E-state index is 5.41. The Balaban J connectivity index is 1.10. The molecule has 0 fully saturated rings. The van der Waals surface area contributed by atoms with Gasteiger partial charge in [-0.25, -0.2) is 9.97 Å². The first-order valence-electron chi connectivity index (χ1n) is 17.6. The summed E-state index contributed by atoms with van der Waals surface area (Å²) in [5.74, 6) is 0.778. The van der Waals surface area contributed by atoms with Gasteiger partial charge in [-0.15, -0.1) is 0 Å². The summed E-state index contributed by atoms with van der Waals surface area (Å²) in [7, 11) is -2.07. The molecule has 0 saturated carbocycles. The van der Waals surface area contributed by atoms with Gasteiger partial charge in [0.2, 0.25) is 0 Å². The normalized spacial score (nSPS) is 12.7. The van der Waals surface area contributed by atoms with Crippen LogP contribution in [-0.2, 0) is 0 Å². The number of aromatic nitrogens is 2. The van der Waals surface area contributed by atoms with Crippen molar-refractivity contribution in [3.05, 3.63) is 182 Å². The van der Waals surface area contributed by atoms with Gasteiger partial charge < -0.3 is 0 Å². The van der Waals surface area contributed by atoms with E-state index < -0.39 is 8.07 Å². The molecule has 0 bridgehead atoms. The highest BCUT2D eigenvalue weighted by atomic mass is 28.3. The lowest BCUT2D eigenvalue weighted by Crippen LogP contribution is -2.50. The minimum absolute atomic E-state index is 0.778. The van der Waals surface area contributed by atoms with E-state index in [1.165, 1.54) is 60.6 Å². The Hall–Kier alpha value is -6.16. The Morgan fingerprint density at radius 1 is 0.353 bits per heavy atom. The Bertz CT molecular complexity index is 2520. The highest BCUT2D eigenvalue weighted by Crippen LogP contribution is 2.38. The quantitative estimate of drug-likeness (QED) is 0.165. The fourth-order valence-electron chi connectivity index (χ4n) is 7.53. The average molecular weight is 669 g/mol. The van der Waals surface area contributed by atoms with E-state index in [0.717, 1.165) is 28.2 Å². The summed E-state index contributed by atoms with van der Waals surface area (Å²) in [5, 5.41) is 2.64. The van der Waals surface area contributed by atoms with Gasteiger partial charge in [0.05, 0.1) is 5.69 Å². The van der Waals surface area contributed by atoms with E-state index in [1.54, 1.807) is 0 Å². The van der Waals surface area contributed by atoms with Crippen LogP contribution in [0.4, 0.5) is 0 Å². The van der Waals surface area contributed by atoms with E-state index in [-0.39, 0.29) is 0 Å². The summed E-state index contributed by atoms with van der Waals surface area (Å²) in [6, 6.07) is 65.2. The van der Waals surface area contributed by atoms with Crippen LogP contribution in [0.1, 0.15) is 0 Å². The Kier molecular flexibility index (Phi) is 7.64. The van der Waals surface area contributed by atoms with E-state index in [9.17, 15) is 0 Å². The predicted molar refractivity (Wildman–Crippen MR) is 217 cm³/mol. The molecule has 0 spiro atoms. The molecule has 2 nitrogen and oxygen atoms in total. The lowest BCUT2D eigenvalue weighted by atomic mass is 9.96. The first-order chi connectivity index (χ1) is 25.0. The van der Waals surface area contributed by atoms with Crippen LogP contribution in [0.2, 0.25) is 13.1 Å². The van der Waals surface area contributed by atoms with Crippen molar-refractivity contribution in [2.75, 3.05) is 0 Å². The van der Waals surface area contributed by atoms with E-state index in [2.05, 4.69) is 195 Å². The van der Waals surface area contributed by atoms with Crippen molar-refractivity contribution >= 4 is 18.6 Å². The fraction of sp³-hybridized carbons (Fsp3) is 0.0417. The van der Waals surface area contributed by atoms with E-state index in [1.807, 2.05) is 0 Å². The third-order valence-electron chi connectivity index (χ3n) is 10.3. The number of fused-ring (bicyclic) bond motifs is 3. The molecule has 51 heavy (non-hydrogen) atoms. The molecule has 242 valence electrons. The molecular formula is C48H36N2Si. The van der Waals surface area contributed by atoms with Gasteiger partial charge in [-0.05, 0) is 67.4 Å². The molecule has 1 aliphatic rings. The number of benzene rings is 7. The molecule has 7 aromatic carbocycles. The van der Waals surface area contributed by atoms with Crippen LogP contribution < -0.4 is 10.5 Å². The summed E-state index contributed by atoms with van der Waals surface area (Å²) in [5.41, 5.74) is 15.2. The molecule has 0 atom stereocenters. The predicted octanol–water partition coefficient (Wildman–Crippen LogP) is 11.3. The third-order valence-corrected chi connectivity index (χ3v) is 13.6. The Morgan fingerprint density at radius 3 is 1.35 bits per heavy atom. The zero-order chi connectivity index (χ0) is 34.4. The zero-order valence-electron chi connectivity index (χ0n) is 28.7. The van der Waals surface area contributed by atoms with Gasteiger partial charge in [0.15, 0.2) is 5.82 Å². The molecule has 1 aliphatic heterocycles. The minimum Gasteiger partial charge on any atom is -0.237 e. The third kappa shape index (κ3) is 5.62. The fourth-order valence-corrected chi connectivity index (χ4v) is 10.4. The lowest BCUT2D eigenvalue weighted by molar-refractivity contribution is 1.21. The van der Waals surface area contributed by atoms with Crippen molar-refractivity contribution in [1.29, 1.82) is 0 Å². The summed E-state index contributed by atoms with van der Waals surface area (Å²) in [6.07, 6.45) is 0. The van der Waals surface area contributed by atoms with Gasteiger partial charge >= 0.3 is 0 Å². The van der Waals surface area contributed by atoms with Crippen molar-refractivity contribution in [3.63, 3.8) is 0 Å². The molecular weight excluding hydrogens is 633 g/mol. The van der Waals surface area contributed by atoms with Crippen LogP contribution >= 0.6 is 0 Å². The number of hydrogen-bond acceptors (Lipinski definition) is 2. The number of hydrogen-bond donors (Lipinski definition) is 0. The summed E-state index contributed by atoms with van der Waals surface area (Å²) >= 11 is 0. The summed E-state index contributed by atoms with van der Waals surface area (Å²) in [4.78, 5) is 10.8. The van der Waals surface area contributed by atoms with Crippen LogP contribution in [0.15, 0.2) is 182 Å². The second-order valence-corrected chi connectivity index (χ2v) is 18.1. The van der Waals surface area contributed by atoms with Crippen molar-refractivity contribution in [3.8, 4) is 78.3 Å². The molecule has 0 aliphatic carbocycles. The molecule has 0 radical (unpaired) electrons. The van der Waals surface area contributed by atoms with Crippen molar-refractivity contribution in [2.24, 2.45) is 0 Å². The first-order valence-corrected chi connectivity index (χ1v) is 20.6. The van der Waals surface area contributed by atoms with Crippen LogP contribution in [0.3, 0.4) is 0 Å². The van der Waals surface area contributed by atoms with Gasteiger partial charge in [-0.1, -0.05) is 183 Å². The van der Waals surface area contributed by atoms with Crippen LogP contribution in [0, 0.1) is 0 Å². The van der Waals surface area contributed by atoms with Gasteiger partial charge in [-0.2, -0.15) is 0 Å². The van der Waals surface area contributed by atoms with Crippen molar-refractivity contribution < 1.29 is 0 Å².